The zero-order valence-corrected chi connectivity index (χ0v) is 39.9. The monoisotopic (exact) mass is 944 g/mol. The number of rotatable bonds is 10. The number of carbonyl (C=O) groups excluding carboxylic acids is 2. The molecule has 2 N–H and O–H groups in total. The lowest BCUT2D eigenvalue weighted by Gasteiger charge is -2.36. The standard InChI is InChI=1S/C50H54ClFN10O6/c1-27-20-34(21-28(2)42(27)51)62-44(59-16-15-58(48(59)65)39-11-10-38-35(43(39)52)26-53-60(38)17-19-66-7)41-30(4)57(14-12-36(41)55-62)45(63)40-23-33-22-31(32-13-18-67-49(5,6)25-32)8-9-37(33)61(40)50(24-29(50)3)46-54-47(64)68-56-46/h8-11,15-16,20-23,26,29-30,32,46,56H,12-14,17-19,24-25H2,1-7H3,(H,54,64)/t29-,30-,32?,46?,50-/m0/s1. The maximum Gasteiger partial charge on any atom is 0.427 e. The van der Waals surface area contributed by atoms with E-state index in [1.165, 1.54) is 20.9 Å². The predicted octanol–water partition coefficient (Wildman–Crippen LogP) is 7.91. The second-order valence-corrected chi connectivity index (χ2v) is 20.0. The van der Waals surface area contributed by atoms with Gasteiger partial charge in [-0.1, -0.05) is 24.6 Å². The lowest BCUT2D eigenvalue weighted by molar-refractivity contribution is -0.0592. The number of nitrogens with zero attached hydrogens (tertiary/aromatic N) is 8. The number of fused-ring (bicyclic) bond motifs is 3. The fourth-order valence-corrected chi connectivity index (χ4v) is 11.4. The number of halogens is 2. The minimum atomic E-state index is -0.706. The van der Waals surface area contributed by atoms with E-state index >= 15 is 9.18 Å². The van der Waals surface area contributed by atoms with Crippen LogP contribution in [0.1, 0.15) is 97.4 Å². The summed E-state index contributed by atoms with van der Waals surface area (Å²) in [6.45, 7) is 14.0. The van der Waals surface area contributed by atoms with E-state index < -0.39 is 35.3 Å². The summed E-state index contributed by atoms with van der Waals surface area (Å²) in [6.07, 6.45) is 6.31. The molecule has 7 heterocycles. The van der Waals surface area contributed by atoms with Gasteiger partial charge in [0.25, 0.3) is 5.91 Å². The normalized spacial score (nSPS) is 23.3. The van der Waals surface area contributed by atoms with Crippen LogP contribution in [0.15, 0.2) is 71.9 Å². The van der Waals surface area contributed by atoms with E-state index in [0.717, 1.165) is 40.6 Å². The zero-order chi connectivity index (χ0) is 47.6. The molecule has 5 atom stereocenters. The summed E-state index contributed by atoms with van der Waals surface area (Å²) in [4.78, 5) is 50.1. The zero-order valence-electron chi connectivity index (χ0n) is 39.1. The quantitative estimate of drug-likeness (QED) is 0.139. The fraction of sp³-hybridized carbons (Fsp3) is 0.420. The Hall–Kier alpha value is -6.27. The molecule has 2 saturated heterocycles. The molecule has 4 aromatic heterocycles. The number of aryl methyl sites for hydroxylation is 2. The minimum Gasteiger partial charge on any atom is -0.383 e. The summed E-state index contributed by atoms with van der Waals surface area (Å²) in [7, 11) is 1.59. The Morgan fingerprint density at radius 1 is 1.01 bits per heavy atom. The Balaban J connectivity index is 1.04. The molecule has 3 fully saturated rings. The van der Waals surface area contributed by atoms with Crippen molar-refractivity contribution in [2.75, 3.05) is 26.9 Å². The van der Waals surface area contributed by atoms with E-state index in [-0.39, 0.29) is 34.4 Å². The van der Waals surface area contributed by atoms with Gasteiger partial charge in [0, 0.05) is 60.6 Å². The van der Waals surface area contributed by atoms with E-state index in [9.17, 15) is 9.59 Å². The summed E-state index contributed by atoms with van der Waals surface area (Å²) in [5.74, 6) is -0.00266. The first kappa shape index (κ1) is 44.2. The molecule has 16 nitrogen and oxygen atoms in total. The van der Waals surface area contributed by atoms with Crippen molar-refractivity contribution in [3.8, 4) is 17.2 Å². The van der Waals surface area contributed by atoms with Crippen LogP contribution in [0, 0.1) is 25.6 Å². The van der Waals surface area contributed by atoms with Gasteiger partial charge in [-0.05, 0) is 125 Å². The van der Waals surface area contributed by atoms with Crippen LogP contribution in [-0.2, 0) is 32.8 Å². The topological polar surface area (TPSA) is 157 Å². The highest BCUT2D eigenvalue weighted by Crippen LogP contribution is 2.55. The molecule has 2 amide bonds. The number of hydrogen-bond donors (Lipinski definition) is 2. The summed E-state index contributed by atoms with van der Waals surface area (Å²) < 4.78 is 36.0. The van der Waals surface area contributed by atoms with Gasteiger partial charge in [0.15, 0.2) is 5.82 Å². The average molecular weight is 945 g/mol. The maximum absolute atomic E-state index is 16.5. The van der Waals surface area contributed by atoms with Crippen LogP contribution in [0.25, 0.3) is 39.0 Å². The first-order valence-electron chi connectivity index (χ1n) is 23.3. The number of benzene rings is 3. The molecule has 3 aliphatic heterocycles. The molecule has 4 aliphatic rings. The summed E-state index contributed by atoms with van der Waals surface area (Å²) in [5.41, 5.74) is 8.37. The Kier molecular flexibility index (Phi) is 10.5. The molecule has 3 aromatic carbocycles. The third kappa shape index (κ3) is 6.91. The van der Waals surface area contributed by atoms with Crippen LogP contribution >= 0.6 is 11.6 Å². The van der Waals surface area contributed by atoms with Crippen molar-refractivity contribution in [2.45, 2.75) is 103 Å². The van der Waals surface area contributed by atoms with Gasteiger partial charge in [-0.25, -0.2) is 18.7 Å². The Labute approximate surface area is 396 Å². The Bertz CT molecular complexity index is 3250. The van der Waals surface area contributed by atoms with E-state index in [0.29, 0.717) is 72.4 Å². The van der Waals surface area contributed by atoms with Gasteiger partial charge in [0.05, 0.1) is 64.5 Å². The molecule has 0 radical (unpaired) electrons. The molecule has 11 rings (SSSR count). The van der Waals surface area contributed by atoms with Crippen LogP contribution in [-0.4, -0.2) is 88.8 Å². The Morgan fingerprint density at radius 3 is 2.47 bits per heavy atom. The van der Waals surface area contributed by atoms with E-state index in [2.05, 4.69) is 59.4 Å². The number of hydrogen-bond acceptors (Lipinski definition) is 9. The van der Waals surface area contributed by atoms with E-state index in [4.69, 9.17) is 31.0 Å². The average Bonchev–Trinajstić information content (AvgIpc) is 3.96. The minimum absolute atomic E-state index is 0.0635. The molecule has 68 heavy (non-hydrogen) atoms. The largest absolute Gasteiger partial charge is 0.427 e. The van der Waals surface area contributed by atoms with E-state index in [1.54, 1.807) is 41.0 Å². The highest BCUT2D eigenvalue weighted by atomic mass is 35.5. The summed E-state index contributed by atoms with van der Waals surface area (Å²) in [6, 6.07) is 15.0. The smallest absolute Gasteiger partial charge is 0.383 e. The second-order valence-electron chi connectivity index (χ2n) is 19.6. The third-order valence-electron chi connectivity index (χ3n) is 14.9. The second kappa shape index (κ2) is 16.2. The molecule has 1 aliphatic carbocycles. The summed E-state index contributed by atoms with van der Waals surface area (Å²) in [5, 5.41) is 14.3. The van der Waals surface area contributed by atoms with Crippen LogP contribution in [0.2, 0.25) is 5.02 Å². The SMILES string of the molecule is COCCn1ncc2c(F)c(-n3ccn(-c4c5c(nn4-c4cc(C)c(Cl)c(C)c4)CCN(C(=O)c4cc6cc(C7CCOC(C)(C)C7)ccc6n4[C@@]4(C6NOC(=O)N6)C[C@@H]4C)[C@H]5C)c3=O)ccc21. The molecule has 354 valence electrons. The molecule has 7 aromatic rings. The van der Waals surface area contributed by atoms with Crippen LogP contribution in [0.3, 0.4) is 0 Å². The van der Waals surface area contributed by atoms with Gasteiger partial charge < -0.3 is 23.8 Å². The number of amides is 2. The number of methoxy groups -OCH3 is 1. The van der Waals surface area contributed by atoms with Gasteiger partial charge in [0.1, 0.15) is 17.7 Å². The molecular formula is C50H54ClFN10O6. The lowest BCUT2D eigenvalue weighted by atomic mass is 9.83. The summed E-state index contributed by atoms with van der Waals surface area (Å²) >= 11 is 6.69. The molecule has 0 bridgehead atoms. The highest BCUT2D eigenvalue weighted by Gasteiger charge is 2.62. The van der Waals surface area contributed by atoms with Gasteiger partial charge in [-0.15, -0.1) is 5.48 Å². The molecular weight excluding hydrogens is 891 g/mol. The predicted molar refractivity (Wildman–Crippen MR) is 253 cm³/mol. The first-order valence-corrected chi connectivity index (χ1v) is 23.6. The van der Waals surface area contributed by atoms with Crippen LogP contribution in [0.5, 0.6) is 0 Å². The van der Waals surface area contributed by atoms with Gasteiger partial charge in [-0.2, -0.15) is 10.2 Å². The van der Waals surface area contributed by atoms with Gasteiger partial charge in [-0.3, -0.25) is 23.9 Å². The van der Waals surface area contributed by atoms with E-state index in [1.807, 2.05) is 43.9 Å². The molecule has 0 spiro atoms. The van der Waals surface area contributed by atoms with Gasteiger partial charge in [0.2, 0.25) is 0 Å². The molecule has 2 unspecified atom stereocenters. The first-order chi connectivity index (χ1) is 32.6. The third-order valence-corrected chi connectivity index (χ3v) is 15.5. The number of aromatic nitrogens is 7. The van der Waals surface area contributed by atoms with Crippen molar-refractivity contribution in [3.63, 3.8) is 0 Å². The number of carbonyl (C=O) groups is 2. The van der Waals surface area contributed by atoms with Crippen LogP contribution in [0.4, 0.5) is 9.18 Å². The van der Waals surface area contributed by atoms with Crippen molar-refractivity contribution in [2.24, 2.45) is 5.92 Å². The highest BCUT2D eigenvalue weighted by molar-refractivity contribution is 6.32. The van der Waals surface area contributed by atoms with Crippen molar-refractivity contribution < 1.29 is 28.3 Å². The van der Waals surface area contributed by atoms with Crippen molar-refractivity contribution in [3.05, 3.63) is 122 Å². The fourth-order valence-electron chi connectivity index (χ4n) is 11.3. The van der Waals surface area contributed by atoms with Crippen LogP contribution < -0.4 is 16.5 Å². The van der Waals surface area contributed by atoms with Crippen molar-refractivity contribution in [1.29, 1.82) is 0 Å². The maximum atomic E-state index is 16.5. The molecule has 1 saturated carbocycles. The molecule has 18 heteroatoms. The number of imidazole rings is 1. The number of hydroxylamine groups is 1. The van der Waals surface area contributed by atoms with Crippen molar-refractivity contribution in [1.82, 2.24) is 49.0 Å². The number of nitrogens with one attached hydrogen (secondary N) is 2. The number of ether oxygens (including phenoxy) is 2. The Morgan fingerprint density at radius 2 is 1.76 bits per heavy atom. The van der Waals surface area contributed by atoms with Gasteiger partial charge >= 0.3 is 11.8 Å². The lowest BCUT2D eigenvalue weighted by Crippen LogP contribution is -2.49. The van der Waals surface area contributed by atoms with Crippen molar-refractivity contribution >= 4 is 45.4 Å².